The highest BCUT2D eigenvalue weighted by Gasteiger charge is 2.31. The van der Waals surface area contributed by atoms with E-state index in [2.05, 4.69) is 0 Å². The van der Waals surface area contributed by atoms with E-state index in [0.29, 0.717) is 5.56 Å². The number of nitrogens with two attached hydrogens (primary N) is 1. The third-order valence-electron chi connectivity index (χ3n) is 2.09. The standard InChI is InChI=1S/C10H11F4N/c1-6-2-3-7(11)4-8(6)9(15)5-10(12,13)14/h2-4,9H,5,15H2,1H3. The average molecular weight is 221 g/mol. The smallest absolute Gasteiger partial charge is 0.324 e. The molecule has 0 heterocycles. The molecule has 1 aromatic rings. The zero-order valence-electron chi connectivity index (χ0n) is 8.11. The van der Waals surface area contributed by atoms with Gasteiger partial charge in [-0.15, -0.1) is 0 Å². The molecule has 0 amide bonds. The molecule has 1 nitrogen and oxygen atoms in total. The van der Waals surface area contributed by atoms with E-state index < -0.39 is 24.5 Å². The molecule has 1 aromatic carbocycles. The summed E-state index contributed by atoms with van der Waals surface area (Å²) in [4.78, 5) is 0. The molecule has 2 N–H and O–H groups in total. The molecule has 1 rings (SSSR count). The first-order chi connectivity index (χ1) is 6.79. The Hall–Kier alpha value is -1.10. The van der Waals surface area contributed by atoms with Crippen molar-refractivity contribution in [2.24, 2.45) is 5.73 Å². The molecule has 0 aliphatic heterocycles. The molecule has 0 aliphatic rings. The Morgan fingerprint density at radius 1 is 1.33 bits per heavy atom. The number of halogens is 4. The van der Waals surface area contributed by atoms with E-state index in [0.717, 1.165) is 6.07 Å². The van der Waals surface area contributed by atoms with Crippen molar-refractivity contribution in [2.45, 2.75) is 25.6 Å². The van der Waals surface area contributed by atoms with Crippen LogP contribution in [0.1, 0.15) is 23.6 Å². The van der Waals surface area contributed by atoms with Crippen LogP contribution in [0.2, 0.25) is 0 Å². The lowest BCUT2D eigenvalue weighted by atomic mass is 9.99. The van der Waals surface area contributed by atoms with Crippen molar-refractivity contribution in [3.05, 3.63) is 35.1 Å². The van der Waals surface area contributed by atoms with Gasteiger partial charge in [0, 0.05) is 6.04 Å². The minimum Gasteiger partial charge on any atom is -0.324 e. The van der Waals surface area contributed by atoms with Crippen LogP contribution in [0.3, 0.4) is 0 Å². The third kappa shape index (κ3) is 3.51. The molecule has 0 aromatic heterocycles. The van der Waals surface area contributed by atoms with Gasteiger partial charge in [-0.25, -0.2) is 4.39 Å². The Morgan fingerprint density at radius 3 is 2.47 bits per heavy atom. The van der Waals surface area contributed by atoms with Gasteiger partial charge in [-0.1, -0.05) is 6.07 Å². The van der Waals surface area contributed by atoms with Crippen LogP contribution in [-0.2, 0) is 0 Å². The summed E-state index contributed by atoms with van der Waals surface area (Å²) in [5.41, 5.74) is 6.13. The van der Waals surface area contributed by atoms with Crippen LogP contribution in [0.5, 0.6) is 0 Å². The predicted molar refractivity (Wildman–Crippen MR) is 48.7 cm³/mol. The second-order valence-electron chi connectivity index (χ2n) is 3.43. The summed E-state index contributed by atoms with van der Waals surface area (Å²) in [7, 11) is 0. The highest BCUT2D eigenvalue weighted by molar-refractivity contribution is 5.29. The Labute approximate surface area is 84.9 Å². The molecule has 0 saturated carbocycles. The van der Waals surface area contributed by atoms with Crippen LogP contribution in [0.4, 0.5) is 17.6 Å². The van der Waals surface area contributed by atoms with Gasteiger partial charge in [0.25, 0.3) is 0 Å². The summed E-state index contributed by atoms with van der Waals surface area (Å²) in [5, 5.41) is 0. The van der Waals surface area contributed by atoms with Gasteiger partial charge in [0.2, 0.25) is 0 Å². The van der Waals surface area contributed by atoms with Crippen LogP contribution in [0, 0.1) is 12.7 Å². The summed E-state index contributed by atoms with van der Waals surface area (Å²) < 4.78 is 49.0. The van der Waals surface area contributed by atoms with Crippen molar-refractivity contribution in [3.8, 4) is 0 Å². The quantitative estimate of drug-likeness (QED) is 0.763. The maximum absolute atomic E-state index is 12.8. The van der Waals surface area contributed by atoms with E-state index in [1.807, 2.05) is 0 Å². The van der Waals surface area contributed by atoms with E-state index in [4.69, 9.17) is 5.73 Å². The Morgan fingerprint density at radius 2 is 1.93 bits per heavy atom. The van der Waals surface area contributed by atoms with Crippen molar-refractivity contribution in [3.63, 3.8) is 0 Å². The lowest BCUT2D eigenvalue weighted by Gasteiger charge is -2.16. The number of hydrogen-bond acceptors (Lipinski definition) is 1. The summed E-state index contributed by atoms with van der Waals surface area (Å²) >= 11 is 0. The fraction of sp³-hybridized carbons (Fsp3) is 0.400. The van der Waals surface area contributed by atoms with Gasteiger partial charge in [0.15, 0.2) is 0 Å². The molecule has 15 heavy (non-hydrogen) atoms. The number of rotatable bonds is 2. The first-order valence-electron chi connectivity index (χ1n) is 4.38. The van der Waals surface area contributed by atoms with Gasteiger partial charge < -0.3 is 5.73 Å². The Kier molecular flexibility index (Phi) is 3.34. The van der Waals surface area contributed by atoms with Crippen molar-refractivity contribution >= 4 is 0 Å². The second kappa shape index (κ2) is 4.18. The van der Waals surface area contributed by atoms with Gasteiger partial charge >= 0.3 is 6.18 Å². The largest absolute Gasteiger partial charge is 0.390 e. The zero-order valence-corrected chi connectivity index (χ0v) is 8.11. The van der Waals surface area contributed by atoms with Gasteiger partial charge in [-0.2, -0.15) is 13.2 Å². The van der Waals surface area contributed by atoms with E-state index in [1.54, 1.807) is 6.92 Å². The second-order valence-corrected chi connectivity index (χ2v) is 3.43. The van der Waals surface area contributed by atoms with Crippen LogP contribution < -0.4 is 5.73 Å². The molecule has 1 atom stereocenters. The Bertz CT molecular complexity index is 346. The minimum absolute atomic E-state index is 0.201. The lowest BCUT2D eigenvalue weighted by Crippen LogP contribution is -2.21. The van der Waals surface area contributed by atoms with Gasteiger partial charge in [-0.05, 0) is 30.2 Å². The maximum atomic E-state index is 12.8. The fourth-order valence-electron chi connectivity index (χ4n) is 1.37. The van der Waals surface area contributed by atoms with Crippen LogP contribution in [0.15, 0.2) is 18.2 Å². The monoisotopic (exact) mass is 221 g/mol. The normalized spacial score (nSPS) is 14.0. The highest BCUT2D eigenvalue weighted by Crippen LogP contribution is 2.29. The summed E-state index contributed by atoms with van der Waals surface area (Å²) in [6.45, 7) is 1.60. The number of hydrogen-bond donors (Lipinski definition) is 1. The molecule has 0 radical (unpaired) electrons. The maximum Gasteiger partial charge on any atom is 0.390 e. The molecule has 0 aliphatic carbocycles. The van der Waals surface area contributed by atoms with Crippen molar-refractivity contribution in [2.75, 3.05) is 0 Å². The highest BCUT2D eigenvalue weighted by atomic mass is 19.4. The van der Waals surface area contributed by atoms with E-state index in [9.17, 15) is 17.6 Å². The van der Waals surface area contributed by atoms with Crippen LogP contribution >= 0.6 is 0 Å². The fourth-order valence-corrected chi connectivity index (χ4v) is 1.37. The molecule has 0 fully saturated rings. The zero-order chi connectivity index (χ0) is 11.6. The van der Waals surface area contributed by atoms with Crippen molar-refractivity contribution in [1.82, 2.24) is 0 Å². The molecular weight excluding hydrogens is 210 g/mol. The van der Waals surface area contributed by atoms with Crippen LogP contribution in [0.25, 0.3) is 0 Å². The summed E-state index contributed by atoms with van der Waals surface area (Å²) in [5.74, 6) is -0.576. The molecule has 0 saturated heterocycles. The summed E-state index contributed by atoms with van der Waals surface area (Å²) in [6.07, 6.45) is -5.48. The molecule has 0 bridgehead atoms. The molecule has 0 spiro atoms. The SMILES string of the molecule is Cc1ccc(F)cc1C(N)CC(F)(F)F. The van der Waals surface area contributed by atoms with Crippen molar-refractivity contribution < 1.29 is 17.6 Å². The minimum atomic E-state index is -4.34. The first-order valence-corrected chi connectivity index (χ1v) is 4.38. The van der Waals surface area contributed by atoms with Gasteiger partial charge in [0.05, 0.1) is 6.42 Å². The number of benzene rings is 1. The van der Waals surface area contributed by atoms with Gasteiger partial charge in [0.1, 0.15) is 5.82 Å². The van der Waals surface area contributed by atoms with E-state index in [-0.39, 0.29) is 5.56 Å². The number of alkyl halides is 3. The third-order valence-corrected chi connectivity index (χ3v) is 2.09. The topological polar surface area (TPSA) is 26.0 Å². The van der Waals surface area contributed by atoms with E-state index in [1.165, 1.54) is 12.1 Å². The Balaban J connectivity index is 2.90. The van der Waals surface area contributed by atoms with Crippen LogP contribution in [-0.4, -0.2) is 6.18 Å². The summed E-state index contributed by atoms with van der Waals surface area (Å²) in [6, 6.07) is 2.45. The number of aryl methyl sites for hydroxylation is 1. The molecule has 5 heteroatoms. The van der Waals surface area contributed by atoms with Crippen molar-refractivity contribution in [1.29, 1.82) is 0 Å². The molecular formula is C10H11F4N. The predicted octanol–water partition coefficient (Wildman–Crippen LogP) is 3.09. The average Bonchev–Trinajstić information content (AvgIpc) is 2.06. The lowest BCUT2D eigenvalue weighted by molar-refractivity contribution is -0.138. The first kappa shape index (κ1) is 12.0. The van der Waals surface area contributed by atoms with E-state index >= 15 is 0 Å². The molecule has 84 valence electrons. The van der Waals surface area contributed by atoms with Gasteiger partial charge in [-0.3, -0.25) is 0 Å². The molecule has 1 unspecified atom stereocenters.